The Balaban J connectivity index is 1.92. The lowest BCUT2D eigenvalue weighted by molar-refractivity contribution is 0.107. The largest absolute Gasteiger partial charge is 0.494 e. The predicted molar refractivity (Wildman–Crippen MR) is 71.8 cm³/mol. The van der Waals surface area contributed by atoms with Crippen LogP contribution >= 0.6 is 0 Å². The smallest absolute Gasteiger partial charge is 0.169 e. The zero-order valence-electron chi connectivity index (χ0n) is 11.3. The topological polar surface area (TPSA) is 35.9 Å². The van der Waals surface area contributed by atoms with Crippen molar-refractivity contribution in [1.82, 2.24) is 9.80 Å². The molecule has 1 aliphatic rings. The average molecular weight is 268 g/mol. The Morgan fingerprint density at radius 1 is 1.21 bits per heavy atom. The fourth-order valence-corrected chi connectivity index (χ4v) is 2.39. The first kappa shape index (κ1) is 14.2. The summed E-state index contributed by atoms with van der Waals surface area (Å²) >= 11 is 0. The van der Waals surface area contributed by atoms with Crippen LogP contribution in [-0.2, 0) is 6.54 Å². The van der Waals surface area contributed by atoms with Gasteiger partial charge in [-0.25, -0.2) is 4.39 Å². The van der Waals surface area contributed by atoms with Gasteiger partial charge in [0.25, 0.3) is 0 Å². The molecule has 0 saturated carbocycles. The molecule has 19 heavy (non-hydrogen) atoms. The summed E-state index contributed by atoms with van der Waals surface area (Å²) in [6.07, 6.45) is 0. The molecule has 1 saturated heterocycles. The number of aliphatic hydroxyl groups is 1. The van der Waals surface area contributed by atoms with E-state index in [-0.39, 0.29) is 12.4 Å². The summed E-state index contributed by atoms with van der Waals surface area (Å²) in [5.74, 6) is 0.0409. The normalized spacial score (nSPS) is 17.6. The molecule has 0 radical (unpaired) electrons. The van der Waals surface area contributed by atoms with Crippen LogP contribution in [0.1, 0.15) is 5.56 Å². The maximum Gasteiger partial charge on any atom is 0.169 e. The zero-order valence-corrected chi connectivity index (χ0v) is 11.3. The van der Waals surface area contributed by atoms with Gasteiger partial charge in [0, 0.05) is 44.8 Å². The van der Waals surface area contributed by atoms with Crippen LogP contribution in [0.2, 0.25) is 0 Å². The minimum Gasteiger partial charge on any atom is -0.494 e. The molecule has 0 unspecified atom stereocenters. The van der Waals surface area contributed by atoms with E-state index in [0.717, 1.165) is 32.7 Å². The van der Waals surface area contributed by atoms with E-state index < -0.39 is 0 Å². The van der Waals surface area contributed by atoms with Crippen LogP contribution in [0.5, 0.6) is 5.75 Å². The van der Waals surface area contributed by atoms with Gasteiger partial charge in [-0.1, -0.05) is 12.1 Å². The molecule has 2 rings (SSSR count). The highest BCUT2D eigenvalue weighted by Crippen LogP contribution is 2.21. The molecule has 5 heteroatoms. The van der Waals surface area contributed by atoms with Gasteiger partial charge in [-0.15, -0.1) is 0 Å². The molecule has 0 aromatic heterocycles. The second-order valence-corrected chi connectivity index (χ2v) is 4.77. The third kappa shape index (κ3) is 3.65. The van der Waals surface area contributed by atoms with Crippen molar-refractivity contribution in [3.05, 3.63) is 29.6 Å². The molecule has 0 spiro atoms. The third-order valence-electron chi connectivity index (χ3n) is 3.54. The van der Waals surface area contributed by atoms with Gasteiger partial charge in [-0.05, 0) is 6.07 Å². The Kier molecular flexibility index (Phi) is 5.13. The summed E-state index contributed by atoms with van der Waals surface area (Å²) in [7, 11) is 1.48. The molecule has 0 bridgehead atoms. The quantitative estimate of drug-likeness (QED) is 0.862. The van der Waals surface area contributed by atoms with Crippen LogP contribution in [0, 0.1) is 5.82 Å². The number of piperazine rings is 1. The highest BCUT2D eigenvalue weighted by atomic mass is 19.1. The van der Waals surface area contributed by atoms with Crippen molar-refractivity contribution in [3.8, 4) is 5.75 Å². The van der Waals surface area contributed by atoms with Crippen LogP contribution in [-0.4, -0.2) is 61.3 Å². The molecule has 1 heterocycles. The van der Waals surface area contributed by atoms with E-state index >= 15 is 0 Å². The zero-order chi connectivity index (χ0) is 13.7. The van der Waals surface area contributed by atoms with Gasteiger partial charge in [0.2, 0.25) is 0 Å². The second kappa shape index (κ2) is 6.84. The van der Waals surface area contributed by atoms with Crippen molar-refractivity contribution in [1.29, 1.82) is 0 Å². The van der Waals surface area contributed by atoms with E-state index in [1.807, 2.05) is 6.07 Å². The highest BCUT2D eigenvalue weighted by molar-refractivity contribution is 5.31. The minimum absolute atomic E-state index is 0.199. The van der Waals surface area contributed by atoms with Crippen molar-refractivity contribution in [2.24, 2.45) is 0 Å². The van der Waals surface area contributed by atoms with Gasteiger partial charge in [0.15, 0.2) is 11.6 Å². The predicted octanol–water partition coefficient (Wildman–Crippen LogP) is 0.944. The first-order valence-electron chi connectivity index (χ1n) is 6.61. The summed E-state index contributed by atoms with van der Waals surface area (Å²) in [5.41, 5.74) is 0.676. The van der Waals surface area contributed by atoms with Gasteiger partial charge in [-0.3, -0.25) is 9.80 Å². The Labute approximate surface area is 113 Å². The van der Waals surface area contributed by atoms with Gasteiger partial charge in [0.1, 0.15) is 0 Å². The van der Waals surface area contributed by atoms with Crippen LogP contribution in [0.3, 0.4) is 0 Å². The van der Waals surface area contributed by atoms with E-state index in [4.69, 9.17) is 9.84 Å². The number of aliphatic hydroxyl groups excluding tert-OH is 1. The molecular weight excluding hydrogens is 247 g/mol. The summed E-state index contributed by atoms with van der Waals surface area (Å²) in [6, 6.07) is 5.26. The van der Waals surface area contributed by atoms with E-state index in [9.17, 15) is 4.39 Å². The van der Waals surface area contributed by atoms with E-state index in [0.29, 0.717) is 17.9 Å². The number of benzene rings is 1. The lowest BCUT2D eigenvalue weighted by atomic mass is 10.1. The molecule has 1 N–H and O–H groups in total. The number of halogens is 1. The summed E-state index contributed by atoms with van der Waals surface area (Å²) in [5, 5.41) is 8.89. The monoisotopic (exact) mass is 268 g/mol. The van der Waals surface area contributed by atoms with Gasteiger partial charge < -0.3 is 9.84 Å². The fraction of sp³-hybridized carbons (Fsp3) is 0.571. The second-order valence-electron chi connectivity index (χ2n) is 4.77. The van der Waals surface area contributed by atoms with Crippen molar-refractivity contribution < 1.29 is 14.2 Å². The molecule has 0 amide bonds. The van der Waals surface area contributed by atoms with Gasteiger partial charge >= 0.3 is 0 Å². The van der Waals surface area contributed by atoms with E-state index in [2.05, 4.69) is 9.80 Å². The summed E-state index contributed by atoms with van der Waals surface area (Å²) < 4.78 is 19.0. The number of nitrogens with zero attached hydrogens (tertiary/aromatic N) is 2. The third-order valence-corrected chi connectivity index (χ3v) is 3.54. The maximum atomic E-state index is 14.0. The standard InChI is InChI=1S/C14H21FN2O2/c1-19-13-4-2-3-12(14(13)15)11-17-7-5-16(6-8-17)9-10-18/h2-4,18H,5-11H2,1H3. The Morgan fingerprint density at radius 3 is 2.53 bits per heavy atom. The van der Waals surface area contributed by atoms with Crippen molar-refractivity contribution in [2.75, 3.05) is 46.4 Å². The molecular formula is C14H21FN2O2. The summed E-state index contributed by atoms with van der Waals surface area (Å²) in [6.45, 7) is 5.17. The molecule has 106 valence electrons. The van der Waals surface area contributed by atoms with E-state index in [1.165, 1.54) is 7.11 Å². The number of hydrogen-bond donors (Lipinski definition) is 1. The Hall–Kier alpha value is -1.17. The first-order valence-corrected chi connectivity index (χ1v) is 6.61. The van der Waals surface area contributed by atoms with E-state index in [1.54, 1.807) is 12.1 Å². The number of hydrogen-bond acceptors (Lipinski definition) is 4. The molecule has 1 fully saturated rings. The van der Waals surface area contributed by atoms with Crippen LogP contribution in [0.4, 0.5) is 4.39 Å². The van der Waals surface area contributed by atoms with Crippen LogP contribution in [0.25, 0.3) is 0 Å². The molecule has 1 aliphatic heterocycles. The van der Waals surface area contributed by atoms with Gasteiger partial charge in [0.05, 0.1) is 13.7 Å². The lowest BCUT2D eigenvalue weighted by Crippen LogP contribution is -2.46. The maximum absolute atomic E-state index is 14.0. The highest BCUT2D eigenvalue weighted by Gasteiger charge is 2.18. The molecule has 4 nitrogen and oxygen atoms in total. The average Bonchev–Trinajstić information content (AvgIpc) is 2.43. The van der Waals surface area contributed by atoms with Crippen LogP contribution in [0.15, 0.2) is 18.2 Å². The van der Waals surface area contributed by atoms with Crippen molar-refractivity contribution in [3.63, 3.8) is 0 Å². The number of methoxy groups -OCH3 is 1. The molecule has 0 aliphatic carbocycles. The number of rotatable bonds is 5. The van der Waals surface area contributed by atoms with Gasteiger partial charge in [-0.2, -0.15) is 0 Å². The number of β-amino-alcohol motifs (C(OH)–C–C–N with tert-alkyl or cyclic N) is 1. The number of ether oxygens (including phenoxy) is 1. The van der Waals surface area contributed by atoms with Crippen molar-refractivity contribution in [2.45, 2.75) is 6.54 Å². The molecule has 1 aromatic rings. The summed E-state index contributed by atoms with van der Waals surface area (Å²) in [4.78, 5) is 4.45. The molecule has 1 aromatic carbocycles. The lowest BCUT2D eigenvalue weighted by Gasteiger charge is -2.34. The Morgan fingerprint density at radius 2 is 1.89 bits per heavy atom. The first-order chi connectivity index (χ1) is 9.24. The van der Waals surface area contributed by atoms with Crippen molar-refractivity contribution >= 4 is 0 Å². The SMILES string of the molecule is COc1cccc(CN2CCN(CCO)CC2)c1F. The Bertz CT molecular complexity index is 406. The van der Waals surface area contributed by atoms with Crippen LogP contribution < -0.4 is 4.74 Å². The fourth-order valence-electron chi connectivity index (χ4n) is 2.39. The molecule has 0 atom stereocenters. The minimum atomic E-state index is -0.261.